The van der Waals surface area contributed by atoms with Crippen LogP contribution in [-0.4, -0.2) is 28.7 Å². The second-order valence-corrected chi connectivity index (χ2v) is 9.05. The third-order valence-corrected chi connectivity index (χ3v) is 5.98. The Labute approximate surface area is 182 Å². The largest absolute Gasteiger partial charge is 0.394 e. The van der Waals surface area contributed by atoms with Gasteiger partial charge < -0.3 is 10.2 Å². The van der Waals surface area contributed by atoms with Gasteiger partial charge in [0.25, 0.3) is 0 Å². The van der Waals surface area contributed by atoms with Gasteiger partial charge in [-0.25, -0.2) is 0 Å². The summed E-state index contributed by atoms with van der Waals surface area (Å²) >= 11 is 0. The molecule has 0 aromatic rings. The standard InChI is InChI=1S/C26H52O3/c1-2-3-4-5-6-7-8-9-10-11-12-13-14-15-16-17-18-19-20-21-22-25(28)23-26(29)24-27/h26-27,29H,2-24H2,1H3. The molecule has 0 aliphatic heterocycles. The molecule has 3 heteroatoms. The molecule has 0 fully saturated rings. The molecule has 0 aliphatic carbocycles. The molecule has 0 aromatic carbocycles. The minimum Gasteiger partial charge on any atom is -0.394 e. The Kier molecular flexibility index (Phi) is 23.5. The number of hydrogen-bond acceptors (Lipinski definition) is 3. The summed E-state index contributed by atoms with van der Waals surface area (Å²) in [4.78, 5) is 11.5. The Balaban J connectivity index is 3.09. The number of rotatable bonds is 24. The highest BCUT2D eigenvalue weighted by Crippen LogP contribution is 2.15. The molecule has 0 saturated carbocycles. The number of aliphatic hydroxyl groups is 2. The van der Waals surface area contributed by atoms with Crippen molar-refractivity contribution in [1.82, 2.24) is 0 Å². The first-order valence-corrected chi connectivity index (χ1v) is 13.0. The summed E-state index contributed by atoms with van der Waals surface area (Å²) in [5, 5.41) is 17.9. The number of carbonyl (C=O) groups excluding carboxylic acids is 1. The van der Waals surface area contributed by atoms with Crippen molar-refractivity contribution in [2.24, 2.45) is 0 Å². The molecule has 0 heterocycles. The summed E-state index contributed by atoms with van der Waals surface area (Å²) in [6, 6.07) is 0. The van der Waals surface area contributed by atoms with Gasteiger partial charge in [0.1, 0.15) is 5.78 Å². The van der Waals surface area contributed by atoms with Crippen LogP contribution in [0.5, 0.6) is 0 Å². The topological polar surface area (TPSA) is 57.5 Å². The quantitative estimate of drug-likeness (QED) is 0.161. The molecule has 174 valence electrons. The van der Waals surface area contributed by atoms with E-state index < -0.39 is 6.10 Å². The molecule has 0 aliphatic rings. The zero-order chi connectivity index (χ0) is 21.4. The van der Waals surface area contributed by atoms with E-state index in [0.29, 0.717) is 6.42 Å². The second-order valence-electron chi connectivity index (χ2n) is 9.05. The SMILES string of the molecule is CCCCCCCCCCCCCCCCCCCCCCC(=O)CC(O)CO. The van der Waals surface area contributed by atoms with Gasteiger partial charge in [0.2, 0.25) is 0 Å². The molecular weight excluding hydrogens is 360 g/mol. The van der Waals surface area contributed by atoms with E-state index in [9.17, 15) is 9.90 Å². The van der Waals surface area contributed by atoms with Crippen LogP contribution in [0, 0.1) is 0 Å². The van der Waals surface area contributed by atoms with Crippen LogP contribution in [0.4, 0.5) is 0 Å². The van der Waals surface area contributed by atoms with E-state index in [1.165, 1.54) is 116 Å². The minimum atomic E-state index is -0.868. The maximum Gasteiger partial charge on any atom is 0.135 e. The number of Topliss-reactive ketones (excluding diaryl/α,β-unsaturated/α-hetero) is 1. The Morgan fingerprint density at radius 1 is 0.586 bits per heavy atom. The highest BCUT2D eigenvalue weighted by Gasteiger charge is 2.08. The van der Waals surface area contributed by atoms with Crippen molar-refractivity contribution in [2.45, 2.75) is 154 Å². The third-order valence-electron chi connectivity index (χ3n) is 5.98. The van der Waals surface area contributed by atoms with Crippen LogP contribution in [0.2, 0.25) is 0 Å². The number of aliphatic hydroxyl groups excluding tert-OH is 2. The zero-order valence-corrected chi connectivity index (χ0v) is 19.6. The van der Waals surface area contributed by atoms with E-state index in [-0.39, 0.29) is 18.8 Å². The molecule has 0 amide bonds. The second kappa shape index (κ2) is 23.9. The van der Waals surface area contributed by atoms with E-state index in [0.717, 1.165) is 12.8 Å². The predicted octanol–water partition coefficient (Wildman–Crippen LogP) is 7.51. The van der Waals surface area contributed by atoms with Gasteiger partial charge in [-0.05, 0) is 6.42 Å². The molecular formula is C26H52O3. The average Bonchev–Trinajstić information content (AvgIpc) is 2.72. The highest BCUT2D eigenvalue weighted by molar-refractivity contribution is 5.78. The summed E-state index contributed by atoms with van der Waals surface area (Å²) in [5.74, 6) is 0.0777. The van der Waals surface area contributed by atoms with Crippen LogP contribution in [-0.2, 0) is 4.79 Å². The van der Waals surface area contributed by atoms with Crippen molar-refractivity contribution >= 4 is 5.78 Å². The number of hydrogen-bond donors (Lipinski definition) is 2. The molecule has 0 aromatic heterocycles. The lowest BCUT2D eigenvalue weighted by Crippen LogP contribution is -2.17. The van der Waals surface area contributed by atoms with Crippen LogP contribution in [0.1, 0.15) is 148 Å². The van der Waals surface area contributed by atoms with Gasteiger partial charge in [-0.2, -0.15) is 0 Å². The van der Waals surface area contributed by atoms with Gasteiger partial charge >= 0.3 is 0 Å². The lowest BCUT2D eigenvalue weighted by atomic mass is 10.0. The zero-order valence-electron chi connectivity index (χ0n) is 19.6. The molecule has 1 unspecified atom stereocenters. The van der Waals surface area contributed by atoms with E-state index in [1.807, 2.05) is 0 Å². The number of carbonyl (C=O) groups is 1. The molecule has 29 heavy (non-hydrogen) atoms. The Hall–Kier alpha value is -0.410. The number of ketones is 1. The van der Waals surface area contributed by atoms with Crippen molar-refractivity contribution in [3.63, 3.8) is 0 Å². The van der Waals surface area contributed by atoms with Crippen molar-refractivity contribution in [2.75, 3.05) is 6.61 Å². The minimum absolute atomic E-state index is 0.0777. The average molecular weight is 413 g/mol. The first-order chi connectivity index (χ1) is 14.2. The lowest BCUT2D eigenvalue weighted by molar-refractivity contribution is -0.121. The van der Waals surface area contributed by atoms with E-state index in [1.54, 1.807) is 0 Å². The first kappa shape index (κ1) is 28.6. The maximum absolute atomic E-state index is 11.5. The van der Waals surface area contributed by atoms with Gasteiger partial charge in [-0.3, -0.25) is 4.79 Å². The summed E-state index contributed by atoms with van der Waals surface area (Å²) in [7, 11) is 0. The Morgan fingerprint density at radius 2 is 0.897 bits per heavy atom. The van der Waals surface area contributed by atoms with Gasteiger partial charge in [-0.15, -0.1) is 0 Å². The van der Waals surface area contributed by atoms with Crippen LogP contribution in [0.3, 0.4) is 0 Å². The first-order valence-electron chi connectivity index (χ1n) is 13.0. The fourth-order valence-electron chi connectivity index (χ4n) is 4.01. The molecule has 0 radical (unpaired) electrons. The summed E-state index contributed by atoms with van der Waals surface area (Å²) in [5.41, 5.74) is 0. The summed E-state index contributed by atoms with van der Waals surface area (Å²) < 4.78 is 0. The van der Waals surface area contributed by atoms with E-state index in [2.05, 4.69) is 6.92 Å². The smallest absolute Gasteiger partial charge is 0.135 e. The molecule has 2 N–H and O–H groups in total. The van der Waals surface area contributed by atoms with Crippen LogP contribution in [0.25, 0.3) is 0 Å². The van der Waals surface area contributed by atoms with Gasteiger partial charge in [0, 0.05) is 12.8 Å². The van der Waals surface area contributed by atoms with Gasteiger partial charge in [0.15, 0.2) is 0 Å². The molecule has 3 nitrogen and oxygen atoms in total. The van der Waals surface area contributed by atoms with Crippen molar-refractivity contribution in [3.8, 4) is 0 Å². The van der Waals surface area contributed by atoms with Crippen LogP contribution in [0.15, 0.2) is 0 Å². The monoisotopic (exact) mass is 412 g/mol. The molecule has 0 rings (SSSR count). The van der Waals surface area contributed by atoms with E-state index in [4.69, 9.17) is 5.11 Å². The lowest BCUT2D eigenvalue weighted by Gasteiger charge is -2.06. The number of unbranched alkanes of at least 4 members (excludes halogenated alkanes) is 19. The molecule has 0 bridgehead atoms. The van der Waals surface area contributed by atoms with Gasteiger partial charge in [-0.1, -0.05) is 129 Å². The fourth-order valence-corrected chi connectivity index (χ4v) is 4.01. The molecule has 0 saturated heterocycles. The normalized spacial score (nSPS) is 12.4. The summed E-state index contributed by atoms with van der Waals surface area (Å²) in [6.45, 7) is 1.97. The van der Waals surface area contributed by atoms with Gasteiger partial charge in [0.05, 0.1) is 12.7 Å². The summed E-state index contributed by atoms with van der Waals surface area (Å²) in [6.07, 6.45) is 27.0. The van der Waals surface area contributed by atoms with Crippen LogP contribution < -0.4 is 0 Å². The third kappa shape index (κ3) is 23.7. The maximum atomic E-state index is 11.5. The van der Waals surface area contributed by atoms with E-state index >= 15 is 0 Å². The Morgan fingerprint density at radius 3 is 1.21 bits per heavy atom. The molecule has 1 atom stereocenters. The molecule has 0 spiro atoms. The Bertz CT molecular complexity index is 330. The highest BCUT2D eigenvalue weighted by atomic mass is 16.3. The van der Waals surface area contributed by atoms with Crippen molar-refractivity contribution < 1.29 is 15.0 Å². The van der Waals surface area contributed by atoms with Crippen LogP contribution >= 0.6 is 0 Å². The predicted molar refractivity (Wildman–Crippen MR) is 125 cm³/mol. The van der Waals surface area contributed by atoms with Crippen molar-refractivity contribution in [3.05, 3.63) is 0 Å². The fraction of sp³-hybridized carbons (Fsp3) is 0.962. The van der Waals surface area contributed by atoms with Crippen molar-refractivity contribution in [1.29, 1.82) is 0 Å².